The zero-order valence-electron chi connectivity index (χ0n) is 16.8. The maximum Gasteiger partial charge on any atom is 0.410 e. The molecule has 0 saturated heterocycles. The second-order valence-electron chi connectivity index (χ2n) is 7.59. The van der Waals surface area contributed by atoms with Gasteiger partial charge in [0, 0.05) is 38.4 Å². The molecule has 1 aromatic carbocycles. The van der Waals surface area contributed by atoms with Crippen LogP contribution in [0.5, 0.6) is 0 Å². The fourth-order valence-electron chi connectivity index (χ4n) is 2.49. The molecule has 0 saturated carbocycles. The number of rotatable bonds is 6. The second-order valence-corrected chi connectivity index (χ2v) is 7.59. The SMILES string of the molecule is CCN(CC(C)CN(C)C(=O)Nc1cc(F)cc(F)c1)C(=O)OC(C)(C)C. The molecule has 0 radical (unpaired) electrons. The van der Waals surface area contributed by atoms with Gasteiger partial charge in [-0.15, -0.1) is 0 Å². The first-order valence-electron chi connectivity index (χ1n) is 8.87. The predicted octanol–water partition coefficient (Wildman–Crippen LogP) is 4.32. The number of amides is 3. The van der Waals surface area contributed by atoms with Crippen LogP contribution in [0.1, 0.15) is 34.6 Å². The average molecular weight is 385 g/mol. The van der Waals surface area contributed by atoms with Gasteiger partial charge in [0.05, 0.1) is 0 Å². The van der Waals surface area contributed by atoms with Crippen LogP contribution in [0.15, 0.2) is 18.2 Å². The van der Waals surface area contributed by atoms with E-state index in [1.807, 2.05) is 13.8 Å². The quantitative estimate of drug-likeness (QED) is 0.793. The van der Waals surface area contributed by atoms with Crippen molar-refractivity contribution in [1.82, 2.24) is 9.80 Å². The fourth-order valence-corrected chi connectivity index (χ4v) is 2.49. The van der Waals surface area contributed by atoms with Crippen LogP contribution in [-0.2, 0) is 4.74 Å². The van der Waals surface area contributed by atoms with Crippen LogP contribution < -0.4 is 5.32 Å². The van der Waals surface area contributed by atoms with E-state index in [-0.39, 0.29) is 11.6 Å². The first-order valence-corrected chi connectivity index (χ1v) is 8.87. The standard InChI is InChI=1S/C19H29F2N3O3/c1-7-24(18(26)27-19(3,4)5)12-13(2)11-23(6)17(25)22-16-9-14(20)8-15(21)10-16/h8-10,13H,7,11-12H2,1-6H3,(H,22,25). The van der Waals surface area contributed by atoms with Crippen LogP contribution in [0.2, 0.25) is 0 Å². The number of ether oxygens (including phenoxy) is 1. The average Bonchev–Trinajstić information content (AvgIpc) is 2.49. The second kappa shape index (κ2) is 9.53. The van der Waals surface area contributed by atoms with E-state index in [0.717, 1.165) is 18.2 Å². The van der Waals surface area contributed by atoms with E-state index in [2.05, 4.69) is 5.32 Å². The van der Waals surface area contributed by atoms with Gasteiger partial charge in [-0.2, -0.15) is 0 Å². The molecule has 1 unspecified atom stereocenters. The summed E-state index contributed by atoms with van der Waals surface area (Å²) in [5.74, 6) is -1.56. The van der Waals surface area contributed by atoms with E-state index >= 15 is 0 Å². The van der Waals surface area contributed by atoms with Gasteiger partial charge in [-0.05, 0) is 45.7 Å². The molecule has 0 spiro atoms. The van der Waals surface area contributed by atoms with Crippen molar-refractivity contribution in [3.05, 3.63) is 29.8 Å². The van der Waals surface area contributed by atoms with Crippen LogP contribution in [-0.4, -0.2) is 54.2 Å². The molecule has 3 amide bonds. The Morgan fingerprint density at radius 1 is 1.15 bits per heavy atom. The molecule has 8 heteroatoms. The summed E-state index contributed by atoms with van der Waals surface area (Å²) in [5, 5.41) is 2.45. The summed E-state index contributed by atoms with van der Waals surface area (Å²) < 4.78 is 31.8. The van der Waals surface area contributed by atoms with Crippen LogP contribution in [0.25, 0.3) is 0 Å². The topological polar surface area (TPSA) is 61.9 Å². The zero-order chi connectivity index (χ0) is 20.8. The lowest BCUT2D eigenvalue weighted by atomic mass is 10.1. The van der Waals surface area contributed by atoms with Crippen LogP contribution in [0, 0.1) is 17.6 Å². The van der Waals surface area contributed by atoms with E-state index in [4.69, 9.17) is 4.74 Å². The van der Waals surface area contributed by atoms with Crippen molar-refractivity contribution in [2.75, 3.05) is 32.0 Å². The fraction of sp³-hybridized carbons (Fsp3) is 0.579. The smallest absolute Gasteiger partial charge is 0.410 e. The van der Waals surface area contributed by atoms with E-state index in [1.54, 1.807) is 32.7 Å². The molecular formula is C19H29F2N3O3. The number of nitrogens with one attached hydrogen (secondary N) is 1. The summed E-state index contributed by atoms with van der Waals surface area (Å²) in [4.78, 5) is 27.4. The minimum absolute atomic E-state index is 0.0301. The van der Waals surface area contributed by atoms with E-state index in [9.17, 15) is 18.4 Å². The zero-order valence-corrected chi connectivity index (χ0v) is 16.8. The van der Waals surface area contributed by atoms with E-state index in [1.165, 1.54) is 4.90 Å². The normalized spacial score (nSPS) is 12.3. The molecular weight excluding hydrogens is 356 g/mol. The van der Waals surface area contributed by atoms with Gasteiger partial charge >= 0.3 is 12.1 Å². The van der Waals surface area contributed by atoms with Crippen molar-refractivity contribution < 1.29 is 23.1 Å². The highest BCUT2D eigenvalue weighted by Crippen LogP contribution is 2.14. The van der Waals surface area contributed by atoms with Crippen LogP contribution in [0.3, 0.4) is 0 Å². The van der Waals surface area contributed by atoms with Gasteiger partial charge in [0.2, 0.25) is 0 Å². The summed E-state index contributed by atoms with van der Waals surface area (Å²) in [6, 6.07) is 2.32. The van der Waals surface area contributed by atoms with Crippen molar-refractivity contribution in [2.45, 2.75) is 40.2 Å². The Balaban J connectivity index is 2.60. The Labute approximate surface area is 159 Å². The number of nitrogens with zero attached hydrogens (tertiary/aromatic N) is 2. The lowest BCUT2D eigenvalue weighted by Gasteiger charge is -2.30. The summed E-state index contributed by atoms with van der Waals surface area (Å²) in [6.45, 7) is 10.4. The van der Waals surface area contributed by atoms with Crippen LogP contribution >= 0.6 is 0 Å². The van der Waals surface area contributed by atoms with Gasteiger partial charge < -0.3 is 19.9 Å². The Morgan fingerprint density at radius 2 is 1.70 bits per heavy atom. The first-order chi connectivity index (χ1) is 12.4. The molecule has 0 aliphatic rings. The van der Waals surface area contributed by atoms with Gasteiger partial charge in [-0.1, -0.05) is 6.92 Å². The third-order valence-corrected chi connectivity index (χ3v) is 3.61. The van der Waals surface area contributed by atoms with Crippen molar-refractivity contribution in [3.63, 3.8) is 0 Å². The van der Waals surface area contributed by atoms with Gasteiger partial charge in [0.25, 0.3) is 0 Å². The van der Waals surface area contributed by atoms with Gasteiger partial charge in [0.15, 0.2) is 0 Å². The summed E-state index contributed by atoms with van der Waals surface area (Å²) in [5.41, 5.74) is -0.536. The Kier molecular flexibility index (Phi) is 7.99. The molecule has 0 aliphatic heterocycles. The predicted molar refractivity (Wildman–Crippen MR) is 101 cm³/mol. The van der Waals surface area contributed by atoms with Crippen molar-refractivity contribution in [2.24, 2.45) is 5.92 Å². The largest absolute Gasteiger partial charge is 0.444 e. The summed E-state index contributed by atoms with van der Waals surface area (Å²) in [6.07, 6.45) is -0.404. The molecule has 0 heterocycles. The van der Waals surface area contributed by atoms with Crippen molar-refractivity contribution in [3.8, 4) is 0 Å². The molecule has 1 rings (SSSR count). The number of anilines is 1. The number of urea groups is 1. The molecule has 27 heavy (non-hydrogen) atoms. The number of hydrogen-bond donors (Lipinski definition) is 1. The third kappa shape index (κ3) is 8.23. The minimum Gasteiger partial charge on any atom is -0.444 e. The third-order valence-electron chi connectivity index (χ3n) is 3.61. The highest BCUT2D eigenvalue weighted by Gasteiger charge is 2.23. The molecule has 1 atom stereocenters. The molecule has 1 N–H and O–H groups in total. The van der Waals surface area contributed by atoms with Crippen molar-refractivity contribution in [1.29, 1.82) is 0 Å². The number of benzene rings is 1. The molecule has 0 bridgehead atoms. The van der Waals surface area contributed by atoms with Gasteiger partial charge in [-0.25, -0.2) is 18.4 Å². The maximum absolute atomic E-state index is 13.2. The number of hydrogen-bond acceptors (Lipinski definition) is 3. The lowest BCUT2D eigenvalue weighted by molar-refractivity contribution is 0.0230. The Bertz CT molecular complexity index is 642. The molecule has 152 valence electrons. The highest BCUT2D eigenvalue weighted by molar-refractivity contribution is 5.89. The Hall–Kier alpha value is -2.38. The summed E-state index contributed by atoms with van der Waals surface area (Å²) >= 11 is 0. The lowest BCUT2D eigenvalue weighted by Crippen LogP contribution is -2.42. The highest BCUT2D eigenvalue weighted by atomic mass is 19.1. The molecule has 0 fully saturated rings. The first kappa shape index (κ1) is 22.7. The summed E-state index contributed by atoms with van der Waals surface area (Å²) in [7, 11) is 1.57. The van der Waals surface area contributed by atoms with Crippen LogP contribution in [0.4, 0.5) is 24.1 Å². The number of carbonyl (C=O) groups is 2. The maximum atomic E-state index is 13.2. The van der Waals surface area contributed by atoms with E-state index < -0.39 is 29.4 Å². The molecule has 0 aliphatic carbocycles. The van der Waals surface area contributed by atoms with Crippen molar-refractivity contribution >= 4 is 17.8 Å². The Morgan fingerprint density at radius 3 is 2.19 bits per heavy atom. The molecule has 1 aromatic rings. The molecule has 0 aromatic heterocycles. The molecule has 6 nitrogen and oxygen atoms in total. The van der Waals surface area contributed by atoms with Gasteiger partial charge in [-0.3, -0.25) is 0 Å². The van der Waals surface area contributed by atoms with E-state index in [0.29, 0.717) is 19.6 Å². The number of halogens is 2. The monoisotopic (exact) mass is 385 g/mol. The number of carbonyl (C=O) groups excluding carboxylic acids is 2. The minimum atomic E-state index is -0.766. The van der Waals surface area contributed by atoms with Gasteiger partial charge in [0.1, 0.15) is 17.2 Å².